The molecule has 0 radical (unpaired) electrons. The van der Waals surface area contributed by atoms with E-state index in [2.05, 4.69) is 60.3 Å². The fourth-order valence-corrected chi connectivity index (χ4v) is 0. The quantitative estimate of drug-likeness (QED) is 0.263. The molecular formula is C60H168O3S3. The Morgan fingerprint density at radius 2 is 0.212 bits per heavy atom. The zero-order chi connectivity index (χ0) is 61.7. The fourth-order valence-electron chi connectivity index (χ4n) is 0. The first-order valence-electron chi connectivity index (χ1n) is 28.8. The Balaban J connectivity index is -0.0000000129. The lowest BCUT2D eigenvalue weighted by molar-refractivity contribution is 0.134. The lowest BCUT2D eigenvalue weighted by atomic mass is 10.5. The molecule has 66 heavy (non-hydrogen) atoms. The second-order valence-electron chi connectivity index (χ2n) is 7.71. The highest BCUT2D eigenvalue weighted by atomic mass is 32.2. The summed E-state index contributed by atoms with van der Waals surface area (Å²) in [6.45, 7) is 97.1. The molecule has 0 aliphatic heterocycles. The Kier molecular flexibility index (Phi) is 1070. The van der Waals surface area contributed by atoms with Gasteiger partial charge in [0.2, 0.25) is 0 Å². The average Bonchev–Trinajstić information content (AvgIpc) is 3.45. The number of hydrogen-bond donors (Lipinski definition) is 0. The van der Waals surface area contributed by atoms with Gasteiger partial charge in [0.25, 0.3) is 0 Å². The first kappa shape index (κ1) is 158. The molecular weight excluding hydrogens is 865 g/mol. The first-order chi connectivity index (χ1) is 31.6. The molecule has 0 aromatic heterocycles. The van der Waals surface area contributed by atoms with Gasteiger partial charge < -0.3 is 14.2 Å². The summed E-state index contributed by atoms with van der Waals surface area (Å²) < 4.78 is 14.2. The lowest BCUT2D eigenvalue weighted by Gasteiger charge is -1.94. The highest BCUT2D eigenvalue weighted by molar-refractivity contribution is 7.99. The van der Waals surface area contributed by atoms with Crippen molar-refractivity contribution in [3.8, 4) is 0 Å². The maximum absolute atomic E-state index is 4.75. The van der Waals surface area contributed by atoms with Crippen molar-refractivity contribution in [1.82, 2.24) is 0 Å². The van der Waals surface area contributed by atoms with E-state index >= 15 is 0 Å². The van der Waals surface area contributed by atoms with E-state index in [4.69, 9.17) is 14.2 Å². The minimum Gasteiger partial charge on any atom is -0.382 e. The van der Waals surface area contributed by atoms with Crippen LogP contribution in [0.25, 0.3) is 0 Å². The molecule has 0 aliphatic rings. The van der Waals surface area contributed by atoms with Crippen LogP contribution in [0.4, 0.5) is 0 Å². The third-order valence-electron chi connectivity index (χ3n) is 2.83. The number of ether oxygens (including phenoxy) is 3. The molecule has 444 valence electrons. The third-order valence-corrected chi connectivity index (χ3v) is 5.66. The smallest absolute Gasteiger partial charge is 0.0515 e. The van der Waals surface area contributed by atoms with Gasteiger partial charge >= 0.3 is 0 Å². The van der Waals surface area contributed by atoms with Gasteiger partial charge in [-0.15, -0.1) is 0 Å². The maximum Gasteiger partial charge on any atom is 0.0515 e. The van der Waals surface area contributed by atoms with Crippen LogP contribution in [-0.2, 0) is 14.2 Å². The van der Waals surface area contributed by atoms with Crippen LogP contribution < -0.4 is 0 Å². The Labute approximate surface area is 453 Å². The van der Waals surface area contributed by atoms with Crippen LogP contribution in [0.3, 0.4) is 0 Å². The van der Waals surface area contributed by atoms with E-state index in [0.29, 0.717) is 18.3 Å². The van der Waals surface area contributed by atoms with Crippen molar-refractivity contribution in [2.24, 2.45) is 0 Å². The third kappa shape index (κ3) is 1590. The first-order valence-corrected chi connectivity index (χ1v) is 32.7. The normalized spacial score (nSPS) is 6.00. The van der Waals surface area contributed by atoms with Crippen molar-refractivity contribution in [3.05, 3.63) is 0 Å². The monoisotopic (exact) mass is 1030 g/mol. The number of thioether (sulfide) groups is 3. The molecule has 0 heterocycles. The Morgan fingerprint density at radius 3 is 0.212 bits per heavy atom. The van der Waals surface area contributed by atoms with Gasteiger partial charge in [0.1, 0.15) is 0 Å². The van der Waals surface area contributed by atoms with E-state index in [-0.39, 0.29) is 0 Å². The zero-order valence-corrected chi connectivity index (χ0v) is 62.4. The number of hydrogen-bond acceptors (Lipinski definition) is 6. The fraction of sp³-hybridized carbons (Fsp3) is 1.00. The summed E-state index contributed by atoms with van der Waals surface area (Å²) in [5.41, 5.74) is 0. The average molecular weight is 1030 g/mol. The molecule has 0 rings (SSSR count). The Morgan fingerprint density at radius 1 is 0.182 bits per heavy atom. The number of rotatable bonds is 6. The summed E-state index contributed by atoms with van der Waals surface area (Å²) in [4.78, 5) is 0. The lowest BCUT2D eigenvalue weighted by Crippen LogP contribution is -1.94. The van der Waals surface area contributed by atoms with Gasteiger partial charge in [0, 0.05) is 21.3 Å². The summed E-state index contributed by atoms with van der Waals surface area (Å²) >= 11 is 5.64. The van der Waals surface area contributed by atoms with E-state index in [1.54, 1.807) is 21.3 Å². The molecule has 0 bridgehead atoms. The van der Waals surface area contributed by atoms with E-state index < -0.39 is 0 Å². The van der Waals surface area contributed by atoms with E-state index in [0.717, 1.165) is 15.7 Å². The largest absolute Gasteiger partial charge is 0.382 e. The van der Waals surface area contributed by atoms with Crippen molar-refractivity contribution in [3.63, 3.8) is 0 Å². The minimum atomic E-state index is 0.384. The molecule has 0 aromatic rings. The van der Waals surface area contributed by atoms with E-state index in [9.17, 15) is 0 Å². The van der Waals surface area contributed by atoms with Gasteiger partial charge in [-0.25, -0.2) is 0 Å². The predicted octanol–water partition coefficient (Wildman–Crippen LogP) is 26.9. The molecule has 0 unspecified atom stereocenters. The van der Waals surface area contributed by atoms with Crippen molar-refractivity contribution < 1.29 is 14.2 Å². The Hall–Kier alpha value is 0.930. The van der Waals surface area contributed by atoms with Gasteiger partial charge in [-0.05, 0) is 76.1 Å². The summed E-state index contributed by atoms with van der Waals surface area (Å²) in [6, 6.07) is 0. The van der Waals surface area contributed by atoms with Crippen LogP contribution in [0.15, 0.2) is 0 Å². The van der Waals surface area contributed by atoms with Gasteiger partial charge in [0.05, 0.1) is 18.3 Å². The van der Waals surface area contributed by atoms with Gasteiger partial charge in [0.15, 0.2) is 0 Å². The van der Waals surface area contributed by atoms with E-state index in [1.165, 1.54) is 0 Å². The molecule has 0 aliphatic carbocycles. The predicted molar refractivity (Wildman–Crippen MR) is 357 cm³/mol. The van der Waals surface area contributed by atoms with Crippen LogP contribution in [0.1, 0.15) is 332 Å². The molecule has 0 atom stereocenters. The SMILES string of the molecule is CC.CC.CC.CC.CC.CC.CC.CC.CC.CC.CC.CC.CC.CC.CC.CC.CC.CC.COC(C)C.COC(C)C.COC(C)C.CSC(C)C.CSC(C)C.CSC(C)C. The molecule has 0 spiro atoms. The zero-order valence-electron chi connectivity index (χ0n) is 59.9. The minimum absolute atomic E-state index is 0.384. The van der Waals surface area contributed by atoms with Gasteiger partial charge in [-0.3, -0.25) is 0 Å². The van der Waals surface area contributed by atoms with Crippen molar-refractivity contribution in [2.75, 3.05) is 40.1 Å². The second-order valence-corrected chi connectivity index (χ2v) is 11.9. The molecule has 0 amide bonds. The van der Waals surface area contributed by atoms with Crippen molar-refractivity contribution in [1.29, 1.82) is 0 Å². The second kappa shape index (κ2) is 447. The van der Waals surface area contributed by atoms with E-state index in [1.807, 2.05) is 326 Å². The van der Waals surface area contributed by atoms with Crippen LogP contribution in [0, 0.1) is 0 Å². The molecule has 0 saturated heterocycles. The van der Waals surface area contributed by atoms with Gasteiger partial charge in [-0.2, -0.15) is 35.3 Å². The molecule has 0 aromatic carbocycles. The molecule has 0 fully saturated rings. The summed E-state index contributed by atoms with van der Waals surface area (Å²) in [5.74, 6) is 0. The molecule has 0 saturated carbocycles. The number of methoxy groups -OCH3 is 3. The summed E-state index contributed by atoms with van der Waals surface area (Å²) in [6.07, 6.45) is 7.50. The van der Waals surface area contributed by atoms with Crippen LogP contribution >= 0.6 is 35.3 Å². The van der Waals surface area contributed by atoms with Crippen molar-refractivity contribution in [2.45, 2.75) is 366 Å². The maximum atomic E-state index is 4.75. The molecule has 3 nitrogen and oxygen atoms in total. The molecule has 0 N–H and O–H groups in total. The highest BCUT2D eigenvalue weighted by Crippen LogP contribution is 2.01. The highest BCUT2D eigenvalue weighted by Gasteiger charge is 1.81. The summed E-state index contributed by atoms with van der Waals surface area (Å²) in [5, 5.41) is 2.40. The van der Waals surface area contributed by atoms with Crippen LogP contribution in [-0.4, -0.2) is 74.2 Å². The topological polar surface area (TPSA) is 27.7 Å². The molecule has 6 heteroatoms. The van der Waals surface area contributed by atoms with Crippen LogP contribution in [0.5, 0.6) is 0 Å². The summed E-state index contributed by atoms with van der Waals surface area (Å²) in [7, 11) is 5.10. The Bertz CT molecular complexity index is 181. The standard InChI is InChI=1S/3C4H10O.3C4H10S.18C2H6/c6*1-4(2)5-3;18*1-2/h6*4H,1-3H3;18*1-2H3. The van der Waals surface area contributed by atoms with Crippen molar-refractivity contribution >= 4 is 35.3 Å². The van der Waals surface area contributed by atoms with Gasteiger partial charge in [-0.1, -0.05) is 291 Å². The van der Waals surface area contributed by atoms with Crippen LogP contribution in [0.2, 0.25) is 0 Å².